The molecule has 0 aliphatic carbocycles. The first-order chi connectivity index (χ1) is 8.19. The number of nitro groups is 1. The summed E-state index contributed by atoms with van der Waals surface area (Å²) in [5.74, 6) is 1.35. The summed E-state index contributed by atoms with van der Waals surface area (Å²) in [6, 6.07) is 4.92. The number of rotatable bonds is 7. The van der Waals surface area contributed by atoms with Crippen LogP contribution >= 0.6 is 27.7 Å². The molecule has 0 radical (unpaired) electrons. The lowest BCUT2D eigenvalue weighted by molar-refractivity contribution is -0.385. The molecule has 0 fully saturated rings. The summed E-state index contributed by atoms with van der Waals surface area (Å²) in [4.78, 5) is 10.4. The Kier molecular flexibility index (Phi) is 6.36. The minimum Gasteiger partial charge on any atom is -0.487 e. The van der Waals surface area contributed by atoms with Crippen molar-refractivity contribution in [3.05, 3.63) is 33.9 Å². The normalized spacial score (nSPS) is 10.2. The average Bonchev–Trinajstić information content (AvgIpc) is 2.34. The molecule has 94 valence electrons. The van der Waals surface area contributed by atoms with Crippen LogP contribution in [0.5, 0.6) is 5.75 Å². The quantitative estimate of drug-likeness (QED) is 0.333. The Morgan fingerprint density at radius 3 is 2.88 bits per heavy atom. The van der Waals surface area contributed by atoms with Gasteiger partial charge >= 0.3 is 5.69 Å². The Bertz CT molecular complexity index is 387. The zero-order valence-electron chi connectivity index (χ0n) is 9.52. The molecule has 17 heavy (non-hydrogen) atoms. The highest BCUT2D eigenvalue weighted by Crippen LogP contribution is 2.28. The lowest BCUT2D eigenvalue weighted by atomic mass is 10.2. The lowest BCUT2D eigenvalue weighted by Gasteiger charge is -2.07. The van der Waals surface area contributed by atoms with E-state index in [1.165, 1.54) is 6.07 Å². The van der Waals surface area contributed by atoms with E-state index < -0.39 is 4.92 Å². The van der Waals surface area contributed by atoms with E-state index in [-0.39, 0.29) is 5.69 Å². The molecule has 4 nitrogen and oxygen atoms in total. The Balaban J connectivity index is 2.75. The monoisotopic (exact) mass is 319 g/mol. The van der Waals surface area contributed by atoms with Crippen LogP contribution in [0.4, 0.5) is 5.69 Å². The summed E-state index contributed by atoms with van der Waals surface area (Å²) >= 11 is 5.05. The summed E-state index contributed by atoms with van der Waals surface area (Å²) in [6.45, 7) is 0.507. The molecule has 0 spiro atoms. The Morgan fingerprint density at radius 1 is 1.53 bits per heavy atom. The SMILES string of the molecule is CSCCCOc1cc(CBr)ccc1[N+](=O)[O-]. The second-order valence-electron chi connectivity index (χ2n) is 3.39. The Hall–Kier alpha value is -0.750. The van der Waals surface area contributed by atoms with Gasteiger partial charge in [0.15, 0.2) is 5.75 Å². The molecule has 0 atom stereocenters. The van der Waals surface area contributed by atoms with E-state index in [4.69, 9.17) is 4.74 Å². The predicted molar refractivity (Wildman–Crippen MR) is 74.2 cm³/mol. The molecule has 0 N–H and O–H groups in total. The van der Waals surface area contributed by atoms with Crippen molar-refractivity contribution >= 4 is 33.4 Å². The minimum atomic E-state index is -0.415. The van der Waals surface area contributed by atoms with Gasteiger partial charge in [0.25, 0.3) is 0 Å². The smallest absolute Gasteiger partial charge is 0.310 e. The number of nitro benzene ring substituents is 1. The summed E-state index contributed by atoms with van der Waals surface area (Å²) in [5.41, 5.74) is 0.995. The third-order valence-corrected chi connectivity index (χ3v) is 3.47. The Labute approximate surface area is 113 Å². The summed E-state index contributed by atoms with van der Waals surface area (Å²) in [5, 5.41) is 11.5. The van der Waals surface area contributed by atoms with Crippen LogP contribution in [0.3, 0.4) is 0 Å². The highest BCUT2D eigenvalue weighted by Gasteiger charge is 2.15. The summed E-state index contributed by atoms with van der Waals surface area (Å²) in [6.07, 6.45) is 2.91. The highest BCUT2D eigenvalue weighted by molar-refractivity contribution is 9.08. The van der Waals surface area contributed by atoms with Gasteiger partial charge in [0.05, 0.1) is 11.5 Å². The predicted octanol–water partition coefficient (Wildman–Crippen LogP) is 3.62. The molecule has 1 rings (SSSR count). The topological polar surface area (TPSA) is 52.4 Å². The molecule has 0 heterocycles. The fourth-order valence-corrected chi connectivity index (χ4v) is 2.05. The molecule has 0 aliphatic rings. The number of nitrogens with zero attached hydrogens (tertiary/aromatic N) is 1. The number of thioether (sulfide) groups is 1. The van der Waals surface area contributed by atoms with Crippen molar-refractivity contribution in [2.45, 2.75) is 11.8 Å². The van der Waals surface area contributed by atoms with Crippen LogP contribution in [0.25, 0.3) is 0 Å². The molecule has 0 unspecified atom stereocenters. The van der Waals surface area contributed by atoms with Crippen molar-refractivity contribution < 1.29 is 9.66 Å². The highest BCUT2D eigenvalue weighted by atomic mass is 79.9. The van der Waals surface area contributed by atoms with Gasteiger partial charge in [-0.25, -0.2) is 0 Å². The van der Waals surface area contributed by atoms with Crippen molar-refractivity contribution in [2.24, 2.45) is 0 Å². The van der Waals surface area contributed by atoms with E-state index in [1.54, 1.807) is 23.9 Å². The Morgan fingerprint density at radius 2 is 2.29 bits per heavy atom. The molecule has 0 aliphatic heterocycles. The lowest BCUT2D eigenvalue weighted by Crippen LogP contribution is -2.02. The summed E-state index contributed by atoms with van der Waals surface area (Å²) < 4.78 is 5.47. The van der Waals surface area contributed by atoms with Gasteiger partial charge in [0, 0.05) is 11.4 Å². The van der Waals surface area contributed by atoms with Crippen LogP contribution in [0.2, 0.25) is 0 Å². The molecule has 0 saturated heterocycles. The fourth-order valence-electron chi connectivity index (χ4n) is 1.29. The van der Waals surface area contributed by atoms with Crippen LogP contribution in [-0.4, -0.2) is 23.5 Å². The average molecular weight is 320 g/mol. The van der Waals surface area contributed by atoms with E-state index in [0.29, 0.717) is 17.7 Å². The van der Waals surface area contributed by atoms with Crippen molar-refractivity contribution in [1.82, 2.24) is 0 Å². The molecular formula is C11H14BrNO3S. The maximum atomic E-state index is 10.8. The van der Waals surface area contributed by atoms with Crippen LogP contribution in [0.1, 0.15) is 12.0 Å². The number of hydrogen-bond acceptors (Lipinski definition) is 4. The van der Waals surface area contributed by atoms with Crippen LogP contribution < -0.4 is 4.74 Å². The van der Waals surface area contributed by atoms with Crippen LogP contribution in [0, 0.1) is 10.1 Å². The van der Waals surface area contributed by atoms with Crippen molar-refractivity contribution in [3.63, 3.8) is 0 Å². The molecule has 0 bridgehead atoms. The van der Waals surface area contributed by atoms with Gasteiger partial charge in [-0.05, 0) is 30.1 Å². The fraction of sp³-hybridized carbons (Fsp3) is 0.455. The molecule has 1 aromatic rings. The van der Waals surface area contributed by atoms with Gasteiger partial charge in [-0.3, -0.25) is 10.1 Å². The maximum Gasteiger partial charge on any atom is 0.310 e. The molecular weight excluding hydrogens is 306 g/mol. The first-order valence-corrected chi connectivity index (χ1v) is 7.65. The third kappa shape index (κ3) is 4.55. The van der Waals surface area contributed by atoms with E-state index in [9.17, 15) is 10.1 Å². The molecule has 0 saturated carbocycles. The van der Waals surface area contributed by atoms with E-state index in [2.05, 4.69) is 15.9 Å². The molecule has 1 aromatic carbocycles. The second-order valence-corrected chi connectivity index (χ2v) is 4.93. The van der Waals surface area contributed by atoms with Crippen molar-refractivity contribution in [1.29, 1.82) is 0 Å². The number of benzene rings is 1. The maximum absolute atomic E-state index is 10.8. The van der Waals surface area contributed by atoms with Gasteiger partial charge in [0.2, 0.25) is 0 Å². The first kappa shape index (κ1) is 14.3. The summed E-state index contributed by atoms with van der Waals surface area (Å²) in [7, 11) is 0. The second kappa shape index (κ2) is 7.55. The largest absolute Gasteiger partial charge is 0.487 e. The van der Waals surface area contributed by atoms with Gasteiger partial charge in [-0.1, -0.05) is 22.0 Å². The van der Waals surface area contributed by atoms with Gasteiger partial charge in [0.1, 0.15) is 0 Å². The number of halogens is 1. The van der Waals surface area contributed by atoms with Crippen LogP contribution in [-0.2, 0) is 5.33 Å². The van der Waals surface area contributed by atoms with E-state index >= 15 is 0 Å². The zero-order valence-corrected chi connectivity index (χ0v) is 11.9. The molecule has 0 amide bonds. The number of alkyl halides is 1. The van der Waals surface area contributed by atoms with Crippen molar-refractivity contribution in [2.75, 3.05) is 18.6 Å². The van der Waals surface area contributed by atoms with Crippen LogP contribution in [0.15, 0.2) is 18.2 Å². The first-order valence-electron chi connectivity index (χ1n) is 5.14. The van der Waals surface area contributed by atoms with Gasteiger partial charge in [-0.2, -0.15) is 11.8 Å². The standard InChI is InChI=1S/C11H14BrNO3S/c1-17-6-2-5-16-11-7-9(8-12)3-4-10(11)13(14)15/h3-4,7H,2,5-6,8H2,1H3. The van der Waals surface area contributed by atoms with E-state index in [1.807, 2.05) is 6.26 Å². The van der Waals surface area contributed by atoms with Gasteiger partial charge in [-0.15, -0.1) is 0 Å². The van der Waals surface area contributed by atoms with Crippen molar-refractivity contribution in [3.8, 4) is 5.75 Å². The molecule has 0 aromatic heterocycles. The number of ether oxygens (including phenoxy) is 1. The molecule has 6 heteroatoms. The third-order valence-electron chi connectivity index (χ3n) is 2.13. The number of hydrogen-bond donors (Lipinski definition) is 0. The minimum absolute atomic E-state index is 0.0267. The van der Waals surface area contributed by atoms with E-state index in [0.717, 1.165) is 17.7 Å². The van der Waals surface area contributed by atoms with Gasteiger partial charge < -0.3 is 4.74 Å². The zero-order chi connectivity index (χ0) is 12.7.